The van der Waals surface area contributed by atoms with Crippen LogP contribution in [0.5, 0.6) is 11.5 Å². The summed E-state index contributed by atoms with van der Waals surface area (Å²) in [5.74, 6) is 0.567. The predicted molar refractivity (Wildman–Crippen MR) is 107 cm³/mol. The molecular formula is C22H24N2O5. The third kappa shape index (κ3) is 4.68. The Bertz CT molecular complexity index is 851. The molecule has 2 heterocycles. The van der Waals surface area contributed by atoms with Gasteiger partial charge in [-0.15, -0.1) is 0 Å². The molecule has 0 aliphatic carbocycles. The Morgan fingerprint density at radius 2 is 1.79 bits per heavy atom. The zero-order chi connectivity index (χ0) is 20.1. The van der Waals surface area contributed by atoms with E-state index in [1.54, 1.807) is 24.3 Å². The summed E-state index contributed by atoms with van der Waals surface area (Å²) in [6, 6.07) is 16.3. The van der Waals surface area contributed by atoms with Gasteiger partial charge in [0.25, 0.3) is 5.91 Å². The molecule has 1 N–H and O–H groups in total. The first-order chi connectivity index (χ1) is 14.2. The average Bonchev–Trinajstić information content (AvgIpc) is 3.29. The van der Waals surface area contributed by atoms with E-state index in [-0.39, 0.29) is 31.1 Å². The van der Waals surface area contributed by atoms with Gasteiger partial charge in [-0.25, -0.2) is 0 Å². The van der Waals surface area contributed by atoms with Crippen LogP contribution in [0.2, 0.25) is 0 Å². The van der Waals surface area contributed by atoms with E-state index in [9.17, 15) is 9.59 Å². The Morgan fingerprint density at radius 1 is 1.03 bits per heavy atom. The number of carbonyl (C=O) groups excluding carboxylic acids is 2. The Labute approximate surface area is 169 Å². The van der Waals surface area contributed by atoms with Crippen molar-refractivity contribution in [3.05, 3.63) is 54.6 Å². The Balaban J connectivity index is 1.45. The van der Waals surface area contributed by atoms with Crippen LogP contribution >= 0.6 is 0 Å². The van der Waals surface area contributed by atoms with Gasteiger partial charge in [-0.2, -0.15) is 0 Å². The van der Waals surface area contributed by atoms with Gasteiger partial charge in [-0.1, -0.05) is 30.3 Å². The summed E-state index contributed by atoms with van der Waals surface area (Å²) in [5.41, 5.74) is 0.632. The highest BCUT2D eigenvalue weighted by molar-refractivity contribution is 6.01. The predicted octanol–water partition coefficient (Wildman–Crippen LogP) is 2.15. The number of para-hydroxylation sites is 3. The number of hydrogen-bond donors (Lipinski definition) is 1. The molecule has 2 aromatic rings. The molecule has 0 spiro atoms. The summed E-state index contributed by atoms with van der Waals surface area (Å²) in [4.78, 5) is 27.2. The van der Waals surface area contributed by atoms with Crippen LogP contribution in [0, 0.1) is 0 Å². The number of rotatable bonds is 6. The van der Waals surface area contributed by atoms with Crippen LogP contribution in [-0.2, 0) is 14.3 Å². The fraction of sp³-hybridized carbons (Fsp3) is 0.364. The minimum absolute atomic E-state index is 0.0476. The lowest BCUT2D eigenvalue weighted by Gasteiger charge is -2.30. The molecule has 1 fully saturated rings. The molecule has 0 saturated carbocycles. The highest BCUT2D eigenvalue weighted by atomic mass is 16.6. The number of anilines is 1. The molecule has 0 bridgehead atoms. The average molecular weight is 396 g/mol. The molecule has 2 atom stereocenters. The first-order valence-corrected chi connectivity index (χ1v) is 9.84. The van der Waals surface area contributed by atoms with Gasteiger partial charge in [0.2, 0.25) is 12.0 Å². The number of ether oxygens (including phenoxy) is 3. The zero-order valence-corrected chi connectivity index (χ0v) is 16.1. The highest BCUT2D eigenvalue weighted by Gasteiger charge is 2.33. The first kappa shape index (κ1) is 19.3. The van der Waals surface area contributed by atoms with E-state index >= 15 is 0 Å². The quantitative estimate of drug-likeness (QED) is 0.810. The van der Waals surface area contributed by atoms with Crippen LogP contribution in [0.3, 0.4) is 0 Å². The summed E-state index contributed by atoms with van der Waals surface area (Å²) >= 11 is 0. The number of fused-ring (bicyclic) bond motifs is 1. The van der Waals surface area contributed by atoms with Crippen molar-refractivity contribution in [1.29, 1.82) is 0 Å². The lowest BCUT2D eigenvalue weighted by molar-refractivity contribution is -0.129. The van der Waals surface area contributed by atoms with E-state index in [4.69, 9.17) is 14.2 Å². The Hall–Kier alpha value is -3.06. The molecule has 29 heavy (non-hydrogen) atoms. The summed E-state index contributed by atoms with van der Waals surface area (Å²) in [7, 11) is 0. The summed E-state index contributed by atoms with van der Waals surface area (Å²) < 4.78 is 17.1. The van der Waals surface area contributed by atoms with E-state index in [1.165, 1.54) is 4.90 Å². The van der Waals surface area contributed by atoms with Crippen LogP contribution in [-0.4, -0.2) is 50.3 Å². The summed E-state index contributed by atoms with van der Waals surface area (Å²) in [5, 5.41) is 2.87. The molecule has 4 rings (SSSR count). The summed E-state index contributed by atoms with van der Waals surface area (Å²) in [6.45, 7) is 1.18. The molecular weight excluding hydrogens is 372 g/mol. The standard InChI is InChI=1S/C22H24N2O5/c25-21(23-13-17-9-6-12-27-17)14-24(16-7-2-1-3-8-16)22(26)20-15-28-18-10-4-5-11-19(18)29-20/h1-5,7-8,10-11,17,20H,6,9,12-15H2,(H,23,25)/t17-,20-/m1/s1. The van der Waals surface area contributed by atoms with Crippen molar-refractivity contribution in [2.24, 2.45) is 0 Å². The molecule has 0 radical (unpaired) electrons. The van der Waals surface area contributed by atoms with Crippen molar-refractivity contribution in [2.75, 3.05) is 31.2 Å². The van der Waals surface area contributed by atoms with Gasteiger partial charge in [-0.05, 0) is 37.1 Å². The minimum Gasteiger partial charge on any atom is -0.485 e. The van der Waals surface area contributed by atoms with Crippen molar-refractivity contribution in [2.45, 2.75) is 25.0 Å². The third-order valence-corrected chi connectivity index (χ3v) is 4.97. The second-order valence-corrected chi connectivity index (χ2v) is 7.06. The molecule has 0 unspecified atom stereocenters. The van der Waals surface area contributed by atoms with Gasteiger partial charge in [0, 0.05) is 18.8 Å². The monoisotopic (exact) mass is 396 g/mol. The van der Waals surface area contributed by atoms with Gasteiger partial charge in [0.15, 0.2) is 11.5 Å². The van der Waals surface area contributed by atoms with Crippen LogP contribution in [0.4, 0.5) is 5.69 Å². The molecule has 2 aliphatic rings. The minimum atomic E-state index is -0.823. The van der Waals surface area contributed by atoms with Gasteiger partial charge in [0.1, 0.15) is 13.2 Å². The van der Waals surface area contributed by atoms with Crippen LogP contribution < -0.4 is 19.7 Å². The van der Waals surface area contributed by atoms with Gasteiger partial charge < -0.3 is 19.5 Å². The molecule has 7 heteroatoms. The molecule has 2 amide bonds. The lowest BCUT2D eigenvalue weighted by Crippen LogP contribution is -2.50. The molecule has 1 saturated heterocycles. The molecule has 2 aliphatic heterocycles. The first-order valence-electron chi connectivity index (χ1n) is 9.84. The van der Waals surface area contributed by atoms with Gasteiger partial charge in [0.05, 0.1) is 6.10 Å². The van der Waals surface area contributed by atoms with Gasteiger partial charge in [-0.3, -0.25) is 14.5 Å². The normalized spacial score (nSPS) is 20.1. The second-order valence-electron chi connectivity index (χ2n) is 7.06. The number of nitrogens with zero attached hydrogens (tertiary/aromatic N) is 1. The van der Waals surface area contributed by atoms with Crippen LogP contribution in [0.15, 0.2) is 54.6 Å². The maximum Gasteiger partial charge on any atom is 0.272 e. The zero-order valence-electron chi connectivity index (χ0n) is 16.1. The Morgan fingerprint density at radius 3 is 2.55 bits per heavy atom. The topological polar surface area (TPSA) is 77.1 Å². The van der Waals surface area contributed by atoms with Gasteiger partial charge >= 0.3 is 0 Å². The number of carbonyl (C=O) groups is 2. The molecule has 152 valence electrons. The summed E-state index contributed by atoms with van der Waals surface area (Å²) in [6.07, 6.45) is 1.17. The molecule has 2 aromatic carbocycles. The molecule has 0 aromatic heterocycles. The maximum absolute atomic E-state index is 13.2. The van der Waals surface area contributed by atoms with E-state index in [0.29, 0.717) is 23.7 Å². The van der Waals surface area contributed by atoms with Crippen molar-refractivity contribution in [1.82, 2.24) is 5.32 Å². The van der Waals surface area contributed by atoms with E-state index in [2.05, 4.69) is 5.32 Å². The number of nitrogens with one attached hydrogen (secondary N) is 1. The highest BCUT2D eigenvalue weighted by Crippen LogP contribution is 2.31. The van der Waals surface area contributed by atoms with Crippen molar-refractivity contribution in [3.8, 4) is 11.5 Å². The van der Waals surface area contributed by atoms with Crippen LogP contribution in [0.25, 0.3) is 0 Å². The fourth-order valence-electron chi connectivity index (χ4n) is 3.45. The van der Waals surface area contributed by atoms with E-state index in [0.717, 1.165) is 19.4 Å². The second kappa shape index (κ2) is 8.96. The smallest absolute Gasteiger partial charge is 0.272 e. The largest absolute Gasteiger partial charge is 0.485 e. The third-order valence-electron chi connectivity index (χ3n) is 4.97. The van der Waals surface area contributed by atoms with Crippen LogP contribution in [0.1, 0.15) is 12.8 Å². The van der Waals surface area contributed by atoms with Crippen molar-refractivity contribution in [3.63, 3.8) is 0 Å². The number of benzene rings is 2. The Kier molecular flexibility index (Phi) is 5.95. The van der Waals surface area contributed by atoms with Crippen molar-refractivity contribution < 1.29 is 23.8 Å². The fourth-order valence-corrected chi connectivity index (χ4v) is 3.45. The number of amides is 2. The molecule has 7 nitrogen and oxygen atoms in total. The van der Waals surface area contributed by atoms with Crippen molar-refractivity contribution >= 4 is 17.5 Å². The van der Waals surface area contributed by atoms with E-state index < -0.39 is 6.10 Å². The van der Waals surface area contributed by atoms with E-state index in [1.807, 2.05) is 30.3 Å². The SMILES string of the molecule is O=C(CN(C(=O)[C@H]1COc2ccccc2O1)c1ccccc1)NC[C@H]1CCCO1. The maximum atomic E-state index is 13.2. The number of hydrogen-bond acceptors (Lipinski definition) is 5. The lowest BCUT2D eigenvalue weighted by atomic mass is 10.2.